The third-order valence-corrected chi connectivity index (χ3v) is 5.77. The largest absolute Gasteiger partial charge is 0.444 e. The van der Waals surface area contributed by atoms with E-state index in [0.29, 0.717) is 19.3 Å². The van der Waals surface area contributed by atoms with E-state index in [1.165, 1.54) is 0 Å². The molecule has 0 unspecified atom stereocenters. The van der Waals surface area contributed by atoms with E-state index in [-0.39, 0.29) is 24.2 Å². The fourth-order valence-corrected chi connectivity index (χ4v) is 3.40. The second kappa shape index (κ2) is 15.0. The first-order valence-electron chi connectivity index (χ1n) is 12.3. The van der Waals surface area contributed by atoms with Crippen molar-refractivity contribution in [3.8, 4) is 0 Å². The molecule has 0 aliphatic heterocycles. The Balaban J connectivity index is 5.67. The number of hydrogen-bond acceptors (Lipinski definition) is 6. The Morgan fingerprint density at radius 3 is 1.76 bits per heavy atom. The van der Waals surface area contributed by atoms with Gasteiger partial charge in [-0.25, -0.2) is 4.79 Å². The molecule has 3 amide bonds. The van der Waals surface area contributed by atoms with Gasteiger partial charge in [0, 0.05) is 6.42 Å². The summed E-state index contributed by atoms with van der Waals surface area (Å²) in [5, 5.41) is 18.6. The fourth-order valence-electron chi connectivity index (χ4n) is 3.40. The first-order chi connectivity index (χ1) is 15.7. The van der Waals surface area contributed by atoms with Gasteiger partial charge in [-0.15, -0.1) is 0 Å². The van der Waals surface area contributed by atoms with Crippen molar-refractivity contribution in [2.45, 2.75) is 118 Å². The van der Waals surface area contributed by atoms with Gasteiger partial charge in [0.1, 0.15) is 17.7 Å². The van der Waals surface area contributed by atoms with E-state index < -0.39 is 47.7 Å². The van der Waals surface area contributed by atoms with Crippen molar-refractivity contribution in [2.75, 3.05) is 0 Å². The number of aliphatic hydroxyl groups excluding tert-OH is 1. The minimum atomic E-state index is -1.07. The molecule has 6 atom stereocenters. The van der Waals surface area contributed by atoms with Gasteiger partial charge in [-0.3, -0.25) is 14.4 Å². The number of carbonyl (C=O) groups is 3. The molecule has 0 heterocycles. The summed E-state index contributed by atoms with van der Waals surface area (Å²) in [7, 11) is 0. The van der Waals surface area contributed by atoms with Gasteiger partial charge in [0.25, 0.3) is 0 Å². The Morgan fingerprint density at radius 1 is 0.882 bits per heavy atom. The third kappa shape index (κ3) is 11.8. The second-order valence-corrected chi connectivity index (χ2v) is 10.5. The zero-order chi connectivity index (χ0) is 26.6. The van der Waals surface area contributed by atoms with Crippen LogP contribution in [0.3, 0.4) is 0 Å². The zero-order valence-electron chi connectivity index (χ0n) is 22.4. The van der Waals surface area contributed by atoms with Crippen molar-refractivity contribution in [3.63, 3.8) is 0 Å². The number of hydrogen-bond donors (Lipinski definition) is 4. The molecule has 0 aromatic rings. The quantitative estimate of drug-likeness (QED) is 0.300. The summed E-state index contributed by atoms with van der Waals surface area (Å²) in [5.41, 5.74) is -0.717. The third-order valence-electron chi connectivity index (χ3n) is 5.77. The van der Waals surface area contributed by atoms with Crippen LogP contribution in [0.5, 0.6) is 0 Å². The van der Waals surface area contributed by atoms with E-state index in [4.69, 9.17) is 4.74 Å². The number of nitrogens with one attached hydrogen (secondary N) is 3. The van der Waals surface area contributed by atoms with Crippen molar-refractivity contribution in [1.29, 1.82) is 0 Å². The van der Waals surface area contributed by atoms with Crippen molar-refractivity contribution >= 4 is 24.2 Å². The molecule has 9 nitrogen and oxygen atoms in total. The Labute approximate surface area is 205 Å². The van der Waals surface area contributed by atoms with Gasteiger partial charge >= 0.3 is 6.09 Å². The van der Waals surface area contributed by atoms with Gasteiger partial charge in [0.2, 0.25) is 18.1 Å². The lowest BCUT2D eigenvalue weighted by Crippen LogP contribution is -2.59. The maximum atomic E-state index is 13.2. The van der Waals surface area contributed by atoms with E-state index in [1.54, 1.807) is 27.1 Å². The average molecular weight is 485 g/mol. The highest BCUT2D eigenvalue weighted by Crippen LogP contribution is 2.16. The van der Waals surface area contributed by atoms with Gasteiger partial charge in [-0.1, -0.05) is 54.4 Å². The maximum Gasteiger partial charge on any atom is 0.408 e. The molecule has 4 N–H and O–H groups in total. The zero-order valence-corrected chi connectivity index (χ0v) is 22.4. The minimum Gasteiger partial charge on any atom is -0.444 e. The molecule has 0 fully saturated rings. The molecule has 34 heavy (non-hydrogen) atoms. The molecule has 0 rings (SSSR count). The van der Waals surface area contributed by atoms with E-state index in [1.807, 2.05) is 41.5 Å². The number of ether oxygens (including phenoxy) is 1. The van der Waals surface area contributed by atoms with Crippen LogP contribution >= 0.6 is 0 Å². The molecule has 0 saturated carbocycles. The monoisotopic (exact) mass is 484 g/mol. The number of rotatable bonds is 14. The van der Waals surface area contributed by atoms with Crippen LogP contribution in [0.25, 0.3) is 0 Å². The Hall–Kier alpha value is -2.16. The van der Waals surface area contributed by atoms with Gasteiger partial charge < -0.3 is 25.8 Å². The lowest BCUT2D eigenvalue weighted by Gasteiger charge is -2.31. The molecule has 0 saturated heterocycles. The average Bonchev–Trinajstić information content (AvgIpc) is 2.72. The summed E-state index contributed by atoms with van der Waals surface area (Å²) in [4.78, 5) is 49.5. The molecule has 1 radical (unpaired) electrons. The molecule has 197 valence electrons. The lowest BCUT2D eigenvalue weighted by atomic mass is 9.93. The van der Waals surface area contributed by atoms with Crippen LogP contribution in [-0.2, 0) is 19.1 Å². The second-order valence-electron chi connectivity index (χ2n) is 10.5. The van der Waals surface area contributed by atoms with Crippen molar-refractivity contribution < 1.29 is 29.0 Å². The smallest absolute Gasteiger partial charge is 0.408 e. The molecule has 0 aromatic heterocycles. The standard InChI is InChI=1S/C25H46N3O6/c1-10-16(5)20(22(31)26-18(14-15(3)4)19(30)12-13-29)27-23(32)21(17(6)11-2)28-24(33)34-25(7,8)9/h15-21,30H,10-12,14H2,1-9H3,(H,26,31)(H,27,32)(H,28,33)/t16-,17-,18-,19-,20-,21-/m0/s1. The first kappa shape index (κ1) is 31.8. The topological polar surface area (TPSA) is 134 Å². The van der Waals surface area contributed by atoms with Crippen LogP contribution in [0.1, 0.15) is 88.0 Å². The Bertz CT molecular complexity index is 662. The minimum absolute atomic E-state index is 0.163. The highest BCUT2D eigenvalue weighted by atomic mass is 16.6. The summed E-state index contributed by atoms with van der Waals surface area (Å²) in [6.07, 6.45) is 1.40. The molecule has 0 aromatic carbocycles. The molecular formula is C25H46N3O6. The maximum absolute atomic E-state index is 13.2. The van der Waals surface area contributed by atoms with Crippen molar-refractivity contribution in [3.05, 3.63) is 0 Å². The molecule has 0 aliphatic rings. The number of alkyl carbamates (subject to hydrolysis) is 1. The summed E-state index contributed by atoms with van der Waals surface area (Å²) in [6.45, 7) is 16.6. The summed E-state index contributed by atoms with van der Waals surface area (Å²) >= 11 is 0. The summed E-state index contributed by atoms with van der Waals surface area (Å²) in [6, 6.07) is -2.42. The van der Waals surface area contributed by atoms with Gasteiger partial charge in [0.05, 0.1) is 12.1 Å². The van der Waals surface area contributed by atoms with Crippen LogP contribution in [0.2, 0.25) is 0 Å². The predicted molar refractivity (Wildman–Crippen MR) is 132 cm³/mol. The lowest BCUT2D eigenvalue weighted by molar-refractivity contribution is -0.132. The fraction of sp³-hybridized carbons (Fsp3) is 0.840. The molecule has 0 spiro atoms. The Morgan fingerprint density at radius 2 is 1.35 bits per heavy atom. The van der Waals surface area contributed by atoms with E-state index in [0.717, 1.165) is 0 Å². The van der Waals surface area contributed by atoms with Gasteiger partial charge in [0.15, 0.2) is 0 Å². The number of aliphatic hydroxyl groups is 1. The highest BCUT2D eigenvalue weighted by molar-refractivity contribution is 5.91. The molecule has 0 aliphatic carbocycles. The number of carbonyl (C=O) groups excluding carboxylic acids is 4. The van der Waals surface area contributed by atoms with Crippen LogP contribution in [-0.4, -0.2) is 59.1 Å². The molecule has 9 heteroatoms. The molecular weight excluding hydrogens is 438 g/mol. The van der Waals surface area contributed by atoms with E-state index >= 15 is 0 Å². The van der Waals surface area contributed by atoms with E-state index in [9.17, 15) is 24.3 Å². The van der Waals surface area contributed by atoms with Crippen LogP contribution in [0.4, 0.5) is 4.79 Å². The van der Waals surface area contributed by atoms with Crippen LogP contribution in [0.15, 0.2) is 0 Å². The van der Waals surface area contributed by atoms with Gasteiger partial charge in [-0.2, -0.15) is 0 Å². The SMILES string of the molecule is CC[C@H](C)[C@H](NC(=O)OC(C)(C)C)C(=O)N[C@H](C(=O)N[C@@H](CC(C)C)[C@@H](O)C[C]=O)[C@@H](C)CC. The van der Waals surface area contributed by atoms with Crippen LogP contribution in [0, 0.1) is 17.8 Å². The van der Waals surface area contributed by atoms with Crippen molar-refractivity contribution in [2.24, 2.45) is 17.8 Å². The highest BCUT2D eigenvalue weighted by Gasteiger charge is 2.34. The Kier molecular flexibility index (Phi) is 14.0. The normalized spacial score (nSPS) is 17.0. The number of amides is 3. The van der Waals surface area contributed by atoms with Crippen LogP contribution < -0.4 is 16.0 Å². The summed E-state index contributed by atoms with van der Waals surface area (Å²) < 4.78 is 5.30. The first-order valence-corrected chi connectivity index (χ1v) is 12.3. The summed E-state index contributed by atoms with van der Waals surface area (Å²) in [5.74, 6) is -1.18. The van der Waals surface area contributed by atoms with Gasteiger partial charge in [-0.05, 0) is 44.9 Å². The molecule has 0 bridgehead atoms. The van der Waals surface area contributed by atoms with Crippen molar-refractivity contribution in [1.82, 2.24) is 16.0 Å². The van der Waals surface area contributed by atoms with E-state index in [2.05, 4.69) is 16.0 Å². The predicted octanol–water partition coefficient (Wildman–Crippen LogP) is 2.85.